The van der Waals surface area contributed by atoms with Crippen molar-refractivity contribution >= 4 is 46.0 Å². The number of halogens is 1. The fraction of sp³-hybridized carbons (Fsp3) is 0.444. The smallest absolute Gasteiger partial charge is 0.311 e. The number of ether oxygens (including phenoxy) is 1. The summed E-state index contributed by atoms with van der Waals surface area (Å²) in [6.07, 6.45) is 5.17. The third-order valence-electron chi connectivity index (χ3n) is 3.65. The lowest BCUT2D eigenvalue weighted by Gasteiger charge is -2.00. The van der Waals surface area contributed by atoms with Crippen molar-refractivity contribution in [3.8, 4) is 0 Å². The van der Waals surface area contributed by atoms with E-state index in [1.54, 1.807) is 23.1 Å². The summed E-state index contributed by atoms with van der Waals surface area (Å²) in [5.74, 6) is -0.672. The topological polar surface area (TPSA) is 86.1 Å². The van der Waals surface area contributed by atoms with Gasteiger partial charge in [-0.3, -0.25) is 19.6 Å². The molecule has 0 aliphatic heterocycles. The minimum absolute atomic E-state index is 0.0851. The maximum absolute atomic E-state index is 12.1. The van der Waals surface area contributed by atoms with Gasteiger partial charge < -0.3 is 4.74 Å². The van der Waals surface area contributed by atoms with Crippen molar-refractivity contribution in [3.05, 3.63) is 33.6 Å². The lowest BCUT2D eigenvalue weighted by atomic mass is 10.2. The Balaban J connectivity index is 1.97. The molecule has 1 amide bonds. The second-order valence-electron chi connectivity index (χ2n) is 5.81. The van der Waals surface area contributed by atoms with Crippen LogP contribution in [0.5, 0.6) is 0 Å². The van der Waals surface area contributed by atoms with E-state index in [9.17, 15) is 9.59 Å². The summed E-state index contributed by atoms with van der Waals surface area (Å²) in [6.45, 7) is 6.78. The highest BCUT2D eigenvalue weighted by Gasteiger charge is 2.12. The Labute approximate surface area is 167 Å². The summed E-state index contributed by atoms with van der Waals surface area (Å²) in [7, 11) is 0. The number of carbonyl (C=O) groups is 2. The third-order valence-corrected chi connectivity index (χ3v) is 4.85. The Kier molecular flexibility index (Phi) is 7.99. The number of hydrogen-bond donors (Lipinski definition) is 1. The Morgan fingerprint density at radius 3 is 2.89 bits per heavy atom. The van der Waals surface area contributed by atoms with Gasteiger partial charge in [-0.2, -0.15) is 5.10 Å². The van der Waals surface area contributed by atoms with Crippen LogP contribution in [0.2, 0.25) is 5.15 Å². The number of nitrogens with one attached hydrogen (secondary N) is 1. The molecule has 2 aromatic rings. The highest BCUT2D eigenvalue weighted by molar-refractivity contribution is 7.14. The zero-order chi connectivity index (χ0) is 19.8. The maximum atomic E-state index is 12.1. The molecule has 0 spiro atoms. The van der Waals surface area contributed by atoms with Crippen LogP contribution in [0.15, 0.2) is 11.5 Å². The molecule has 2 heterocycles. The van der Waals surface area contributed by atoms with E-state index in [0.29, 0.717) is 22.6 Å². The van der Waals surface area contributed by atoms with Gasteiger partial charge in [-0.1, -0.05) is 24.9 Å². The zero-order valence-electron chi connectivity index (χ0n) is 15.6. The van der Waals surface area contributed by atoms with Crippen LogP contribution < -0.4 is 5.32 Å². The number of unbranched alkanes of at least 4 members (excludes halogenated alkanes) is 1. The van der Waals surface area contributed by atoms with Crippen LogP contribution in [0.4, 0.5) is 5.13 Å². The lowest BCUT2D eigenvalue weighted by molar-refractivity contribution is -0.142. The number of thiazole rings is 1. The van der Waals surface area contributed by atoms with Gasteiger partial charge in [0, 0.05) is 23.6 Å². The molecular formula is C18H23ClN4O3S. The van der Waals surface area contributed by atoms with Gasteiger partial charge in [-0.25, -0.2) is 4.98 Å². The average molecular weight is 411 g/mol. The van der Waals surface area contributed by atoms with E-state index in [-0.39, 0.29) is 18.3 Å². The minimum atomic E-state index is -0.342. The van der Waals surface area contributed by atoms with Crippen LogP contribution in [-0.4, -0.2) is 33.2 Å². The van der Waals surface area contributed by atoms with Gasteiger partial charge in [-0.05, 0) is 26.3 Å². The first kappa shape index (κ1) is 21.1. The van der Waals surface area contributed by atoms with Crippen molar-refractivity contribution in [1.82, 2.24) is 14.8 Å². The molecule has 0 aliphatic carbocycles. The Hall–Kier alpha value is -2.19. The summed E-state index contributed by atoms with van der Waals surface area (Å²) in [6, 6.07) is 0. The number of nitrogens with zero attached hydrogens (tertiary/aromatic N) is 3. The number of aromatic nitrogens is 3. The number of anilines is 1. The molecule has 146 valence electrons. The lowest BCUT2D eigenvalue weighted by Crippen LogP contribution is -2.09. The van der Waals surface area contributed by atoms with E-state index in [1.807, 2.05) is 6.92 Å². The summed E-state index contributed by atoms with van der Waals surface area (Å²) in [4.78, 5) is 27.8. The molecule has 7 nitrogen and oxygen atoms in total. The SMILES string of the molecule is CCCCn1nc(C)c(/C=C/C(=O)Nc2nc(CC(=O)OCC)cs2)c1Cl. The highest BCUT2D eigenvalue weighted by atomic mass is 35.5. The van der Waals surface area contributed by atoms with E-state index in [4.69, 9.17) is 16.3 Å². The largest absolute Gasteiger partial charge is 0.466 e. The molecule has 0 fully saturated rings. The van der Waals surface area contributed by atoms with Crippen LogP contribution in [0.3, 0.4) is 0 Å². The molecule has 0 saturated carbocycles. The molecule has 0 atom stereocenters. The van der Waals surface area contributed by atoms with Gasteiger partial charge in [0.15, 0.2) is 5.13 Å². The van der Waals surface area contributed by atoms with Crippen molar-refractivity contribution in [2.45, 2.75) is 46.6 Å². The Morgan fingerprint density at radius 1 is 1.41 bits per heavy atom. The van der Waals surface area contributed by atoms with E-state index in [2.05, 4.69) is 22.3 Å². The van der Waals surface area contributed by atoms with Crippen molar-refractivity contribution in [3.63, 3.8) is 0 Å². The molecule has 2 rings (SSSR count). The quantitative estimate of drug-likeness (QED) is 0.501. The van der Waals surface area contributed by atoms with Crippen LogP contribution >= 0.6 is 22.9 Å². The summed E-state index contributed by atoms with van der Waals surface area (Å²) in [5.41, 5.74) is 2.06. The number of hydrogen-bond acceptors (Lipinski definition) is 6. The molecule has 0 radical (unpaired) electrons. The van der Waals surface area contributed by atoms with Gasteiger partial charge in [0.25, 0.3) is 0 Å². The number of rotatable bonds is 9. The monoisotopic (exact) mass is 410 g/mol. The predicted molar refractivity (Wildman–Crippen MR) is 107 cm³/mol. The van der Waals surface area contributed by atoms with E-state index in [0.717, 1.165) is 30.6 Å². The van der Waals surface area contributed by atoms with Crippen LogP contribution in [-0.2, 0) is 27.3 Å². The normalized spacial score (nSPS) is 11.1. The van der Waals surface area contributed by atoms with Gasteiger partial charge in [0.05, 0.1) is 24.4 Å². The highest BCUT2D eigenvalue weighted by Crippen LogP contribution is 2.22. The summed E-state index contributed by atoms with van der Waals surface area (Å²) >= 11 is 7.60. The molecule has 9 heteroatoms. The molecule has 0 saturated heterocycles. The summed E-state index contributed by atoms with van der Waals surface area (Å²) < 4.78 is 6.63. The molecule has 0 aliphatic rings. The van der Waals surface area contributed by atoms with Gasteiger partial charge in [0.2, 0.25) is 5.91 Å². The van der Waals surface area contributed by atoms with Crippen LogP contribution in [0.25, 0.3) is 6.08 Å². The average Bonchev–Trinajstić information content (AvgIpc) is 3.15. The van der Waals surface area contributed by atoms with Crippen molar-refractivity contribution < 1.29 is 14.3 Å². The zero-order valence-corrected chi connectivity index (χ0v) is 17.2. The van der Waals surface area contributed by atoms with Crippen molar-refractivity contribution in [2.24, 2.45) is 0 Å². The number of amides is 1. The van der Waals surface area contributed by atoms with Gasteiger partial charge in [-0.15, -0.1) is 11.3 Å². The van der Waals surface area contributed by atoms with Crippen molar-refractivity contribution in [2.75, 3.05) is 11.9 Å². The Bertz CT molecular complexity index is 829. The van der Waals surface area contributed by atoms with Crippen molar-refractivity contribution in [1.29, 1.82) is 0 Å². The summed E-state index contributed by atoms with van der Waals surface area (Å²) in [5, 5.41) is 9.74. The van der Waals surface area contributed by atoms with E-state index >= 15 is 0 Å². The first-order valence-corrected chi connectivity index (χ1v) is 10.0. The van der Waals surface area contributed by atoms with E-state index in [1.165, 1.54) is 17.4 Å². The standard InChI is InChI=1S/C18H23ClN4O3S/c1-4-6-9-23-17(19)14(12(3)22-23)7-8-15(24)21-18-20-13(11-27-18)10-16(25)26-5-2/h7-8,11H,4-6,9-10H2,1-3H3,(H,20,21,24)/b8-7+. The van der Waals surface area contributed by atoms with Gasteiger partial charge in [0.1, 0.15) is 5.15 Å². The molecule has 0 unspecified atom stereocenters. The molecule has 2 aromatic heterocycles. The molecule has 1 N–H and O–H groups in total. The molecule has 27 heavy (non-hydrogen) atoms. The fourth-order valence-electron chi connectivity index (χ4n) is 2.32. The van der Waals surface area contributed by atoms with Crippen LogP contribution in [0, 0.1) is 6.92 Å². The maximum Gasteiger partial charge on any atom is 0.311 e. The molecule has 0 aromatic carbocycles. The Morgan fingerprint density at radius 2 is 2.19 bits per heavy atom. The molecule has 0 bridgehead atoms. The van der Waals surface area contributed by atoms with Gasteiger partial charge >= 0.3 is 5.97 Å². The second kappa shape index (κ2) is 10.2. The van der Waals surface area contributed by atoms with E-state index < -0.39 is 0 Å². The third kappa shape index (κ3) is 6.18. The number of carbonyl (C=O) groups excluding carboxylic acids is 2. The number of aryl methyl sites for hydroxylation is 2. The van der Waals surface area contributed by atoms with Crippen LogP contribution in [0.1, 0.15) is 43.6 Å². The first-order valence-electron chi connectivity index (χ1n) is 8.76. The molecular weight excluding hydrogens is 388 g/mol. The predicted octanol–water partition coefficient (Wildman–Crippen LogP) is 3.86. The second-order valence-corrected chi connectivity index (χ2v) is 7.03. The first-order chi connectivity index (χ1) is 12.9. The number of esters is 1. The minimum Gasteiger partial charge on any atom is -0.466 e. The fourth-order valence-corrected chi connectivity index (χ4v) is 3.36.